The molecule has 1 heterocycles. The summed E-state index contributed by atoms with van der Waals surface area (Å²) in [6.45, 7) is 6.55. The topological polar surface area (TPSA) is 58.6 Å². The van der Waals surface area contributed by atoms with Crippen LogP contribution < -0.4 is 5.32 Å². The predicted molar refractivity (Wildman–Crippen MR) is 71.2 cm³/mol. The van der Waals surface area contributed by atoms with Crippen LogP contribution in [0.25, 0.3) is 0 Å². The molecule has 0 saturated carbocycles. The Morgan fingerprint density at radius 2 is 2.11 bits per heavy atom. The van der Waals surface area contributed by atoms with Crippen molar-refractivity contribution in [2.24, 2.45) is 17.8 Å². The Balaban J connectivity index is 2.29. The number of aliphatic hydroxyl groups is 1. The third-order valence-electron chi connectivity index (χ3n) is 4.07. The van der Waals surface area contributed by atoms with Crippen molar-refractivity contribution in [3.05, 3.63) is 0 Å². The number of hydrogen-bond acceptors (Lipinski definition) is 3. The van der Waals surface area contributed by atoms with Crippen LogP contribution in [0.1, 0.15) is 39.5 Å². The lowest BCUT2D eigenvalue weighted by Gasteiger charge is -2.27. The molecule has 1 amide bonds. The van der Waals surface area contributed by atoms with Crippen molar-refractivity contribution in [3.63, 3.8) is 0 Å². The third-order valence-corrected chi connectivity index (χ3v) is 4.07. The molecule has 0 aromatic rings. The first-order valence-electron chi connectivity index (χ1n) is 7.15. The molecule has 4 heteroatoms. The molecule has 0 aliphatic carbocycles. The van der Waals surface area contributed by atoms with E-state index in [0.29, 0.717) is 18.4 Å². The molecule has 2 N–H and O–H groups in total. The highest BCUT2D eigenvalue weighted by Crippen LogP contribution is 2.23. The average Bonchev–Trinajstić information content (AvgIpc) is 2.43. The summed E-state index contributed by atoms with van der Waals surface area (Å²) >= 11 is 0. The number of nitrogens with one attached hydrogen (secondary N) is 1. The summed E-state index contributed by atoms with van der Waals surface area (Å²) in [6.07, 6.45) is 3.74. The largest absolute Gasteiger partial charge is 0.396 e. The zero-order chi connectivity index (χ0) is 13.4. The van der Waals surface area contributed by atoms with Crippen molar-refractivity contribution in [1.29, 1.82) is 0 Å². The van der Waals surface area contributed by atoms with Crippen molar-refractivity contribution >= 4 is 5.91 Å². The predicted octanol–water partition coefficient (Wildman–Crippen LogP) is 1.57. The van der Waals surface area contributed by atoms with Gasteiger partial charge in [-0.1, -0.05) is 20.3 Å². The van der Waals surface area contributed by atoms with Crippen LogP contribution in [0.2, 0.25) is 0 Å². The van der Waals surface area contributed by atoms with Crippen LogP contribution in [-0.4, -0.2) is 37.4 Å². The summed E-state index contributed by atoms with van der Waals surface area (Å²) in [5.41, 5.74) is 0. The third kappa shape index (κ3) is 4.94. The molecule has 0 radical (unpaired) electrons. The smallest absolute Gasteiger partial charge is 0.223 e. The maximum absolute atomic E-state index is 12.1. The summed E-state index contributed by atoms with van der Waals surface area (Å²) in [5.74, 6) is 1.07. The van der Waals surface area contributed by atoms with Crippen LogP contribution in [0.5, 0.6) is 0 Å². The van der Waals surface area contributed by atoms with E-state index in [0.717, 1.165) is 38.9 Å². The highest BCUT2D eigenvalue weighted by molar-refractivity contribution is 5.78. The molecule has 1 fully saturated rings. The Labute approximate surface area is 110 Å². The molecule has 1 aliphatic rings. The van der Waals surface area contributed by atoms with Gasteiger partial charge in [-0.25, -0.2) is 0 Å². The number of carbonyl (C=O) groups excluding carboxylic acids is 1. The molecule has 18 heavy (non-hydrogen) atoms. The van der Waals surface area contributed by atoms with E-state index < -0.39 is 0 Å². The normalized spacial score (nSPS) is 20.4. The SMILES string of the molecule is CCC(CCO)CNC(=O)C(C)C1CCOCC1. The Bertz CT molecular complexity index is 239. The van der Waals surface area contributed by atoms with Crippen LogP contribution in [0.3, 0.4) is 0 Å². The second-order valence-corrected chi connectivity index (χ2v) is 5.27. The van der Waals surface area contributed by atoms with Gasteiger partial charge in [0.25, 0.3) is 0 Å². The second-order valence-electron chi connectivity index (χ2n) is 5.27. The van der Waals surface area contributed by atoms with Crippen molar-refractivity contribution in [3.8, 4) is 0 Å². The highest BCUT2D eigenvalue weighted by atomic mass is 16.5. The van der Waals surface area contributed by atoms with E-state index >= 15 is 0 Å². The van der Waals surface area contributed by atoms with Crippen molar-refractivity contribution in [2.45, 2.75) is 39.5 Å². The maximum atomic E-state index is 12.1. The van der Waals surface area contributed by atoms with E-state index in [2.05, 4.69) is 12.2 Å². The van der Waals surface area contributed by atoms with Crippen molar-refractivity contribution < 1.29 is 14.6 Å². The summed E-state index contributed by atoms with van der Waals surface area (Å²) in [5, 5.41) is 11.9. The summed E-state index contributed by atoms with van der Waals surface area (Å²) < 4.78 is 5.32. The van der Waals surface area contributed by atoms with Crippen molar-refractivity contribution in [2.75, 3.05) is 26.4 Å². The molecule has 0 aromatic heterocycles. The fraction of sp³-hybridized carbons (Fsp3) is 0.929. The van der Waals surface area contributed by atoms with Crippen LogP contribution >= 0.6 is 0 Å². The second kappa shape index (κ2) is 8.48. The quantitative estimate of drug-likeness (QED) is 0.728. The molecule has 0 spiro atoms. The first-order valence-corrected chi connectivity index (χ1v) is 7.15. The van der Waals surface area contributed by atoms with E-state index in [-0.39, 0.29) is 18.4 Å². The minimum Gasteiger partial charge on any atom is -0.396 e. The molecular formula is C14H27NO3. The van der Waals surface area contributed by atoms with Crippen LogP contribution in [0, 0.1) is 17.8 Å². The zero-order valence-corrected chi connectivity index (χ0v) is 11.7. The number of ether oxygens (including phenoxy) is 1. The number of aliphatic hydroxyl groups excluding tert-OH is 1. The molecule has 4 nitrogen and oxygen atoms in total. The fourth-order valence-corrected chi connectivity index (χ4v) is 2.47. The lowest BCUT2D eigenvalue weighted by molar-refractivity contribution is -0.127. The van der Waals surface area contributed by atoms with Gasteiger partial charge >= 0.3 is 0 Å². The van der Waals surface area contributed by atoms with E-state index in [9.17, 15) is 4.79 Å². The van der Waals surface area contributed by atoms with Gasteiger partial charge in [-0.05, 0) is 31.1 Å². The highest BCUT2D eigenvalue weighted by Gasteiger charge is 2.25. The first-order chi connectivity index (χ1) is 8.69. The summed E-state index contributed by atoms with van der Waals surface area (Å²) in [7, 11) is 0. The number of hydrogen-bond donors (Lipinski definition) is 2. The van der Waals surface area contributed by atoms with Gasteiger partial charge in [-0.2, -0.15) is 0 Å². The number of amides is 1. The van der Waals surface area contributed by atoms with Gasteiger partial charge in [-0.3, -0.25) is 4.79 Å². The van der Waals surface area contributed by atoms with Crippen LogP contribution in [0.15, 0.2) is 0 Å². The van der Waals surface area contributed by atoms with E-state index in [4.69, 9.17) is 9.84 Å². The lowest BCUT2D eigenvalue weighted by Crippen LogP contribution is -2.38. The molecule has 1 saturated heterocycles. The molecule has 2 unspecified atom stereocenters. The average molecular weight is 257 g/mol. The summed E-state index contributed by atoms with van der Waals surface area (Å²) in [4.78, 5) is 12.1. The van der Waals surface area contributed by atoms with Crippen LogP contribution in [0.4, 0.5) is 0 Å². The van der Waals surface area contributed by atoms with E-state index in [1.807, 2.05) is 6.92 Å². The Morgan fingerprint density at radius 1 is 1.44 bits per heavy atom. The minimum absolute atomic E-state index is 0.0699. The molecule has 2 atom stereocenters. The Hall–Kier alpha value is -0.610. The van der Waals surface area contributed by atoms with Gasteiger partial charge in [0, 0.05) is 32.3 Å². The number of carbonyl (C=O) groups is 1. The van der Waals surface area contributed by atoms with Gasteiger partial charge in [0.05, 0.1) is 0 Å². The molecule has 0 aromatic carbocycles. The maximum Gasteiger partial charge on any atom is 0.223 e. The van der Waals surface area contributed by atoms with Gasteiger partial charge in [0.15, 0.2) is 0 Å². The molecule has 1 rings (SSSR count). The lowest BCUT2D eigenvalue weighted by atomic mass is 9.86. The number of rotatable bonds is 7. The van der Waals surface area contributed by atoms with Gasteiger partial charge < -0.3 is 15.2 Å². The van der Waals surface area contributed by atoms with E-state index in [1.54, 1.807) is 0 Å². The van der Waals surface area contributed by atoms with Gasteiger partial charge in [0.2, 0.25) is 5.91 Å². The Kier molecular flexibility index (Phi) is 7.28. The fourth-order valence-electron chi connectivity index (χ4n) is 2.47. The molecule has 0 bridgehead atoms. The zero-order valence-electron chi connectivity index (χ0n) is 11.7. The van der Waals surface area contributed by atoms with Crippen molar-refractivity contribution in [1.82, 2.24) is 5.32 Å². The molecule has 106 valence electrons. The minimum atomic E-state index is 0.0699. The Morgan fingerprint density at radius 3 is 2.67 bits per heavy atom. The van der Waals surface area contributed by atoms with Gasteiger partial charge in [0.1, 0.15) is 0 Å². The first kappa shape index (κ1) is 15.4. The molecular weight excluding hydrogens is 230 g/mol. The van der Waals surface area contributed by atoms with E-state index in [1.165, 1.54) is 0 Å². The van der Waals surface area contributed by atoms with Crippen LogP contribution in [-0.2, 0) is 9.53 Å². The molecule has 1 aliphatic heterocycles. The monoisotopic (exact) mass is 257 g/mol. The van der Waals surface area contributed by atoms with Gasteiger partial charge in [-0.15, -0.1) is 0 Å². The standard InChI is InChI=1S/C14H27NO3/c1-3-12(4-7-16)10-15-14(17)11(2)13-5-8-18-9-6-13/h11-13,16H,3-10H2,1-2H3,(H,15,17). The summed E-state index contributed by atoms with van der Waals surface area (Å²) in [6, 6.07) is 0.